The first-order valence-corrected chi connectivity index (χ1v) is 8.18. The van der Waals surface area contributed by atoms with Crippen LogP contribution in [-0.2, 0) is 4.84 Å². The van der Waals surface area contributed by atoms with Crippen molar-refractivity contribution in [2.75, 3.05) is 5.32 Å². The molecule has 0 spiro atoms. The van der Waals surface area contributed by atoms with Gasteiger partial charge in [-0.2, -0.15) is 5.48 Å². The predicted molar refractivity (Wildman–Crippen MR) is 95.1 cm³/mol. The normalized spacial score (nSPS) is 9.80. The molecule has 2 aromatic rings. The molecule has 0 saturated carbocycles. The van der Waals surface area contributed by atoms with Crippen LogP contribution in [0.2, 0.25) is 0 Å². The fourth-order valence-corrected chi connectivity index (χ4v) is 2.47. The number of aryl methyl sites for hydroxylation is 1. The van der Waals surface area contributed by atoms with E-state index in [9.17, 15) is 13.6 Å². The smallest absolute Gasteiger partial charge is 0.286 e. The molecule has 0 fully saturated rings. The van der Waals surface area contributed by atoms with Gasteiger partial charge in [0.1, 0.15) is 6.11 Å². The molecule has 130 valence electrons. The summed E-state index contributed by atoms with van der Waals surface area (Å²) in [5, 5.41) is 2.77. The molecule has 1 amide bonds. The molecule has 0 saturated heterocycles. The first kappa shape index (κ1) is 18.7. The lowest BCUT2D eigenvalue weighted by molar-refractivity contribution is 0.0700. The second-order valence-electron chi connectivity index (χ2n) is 5.03. The summed E-state index contributed by atoms with van der Waals surface area (Å²) in [6.07, 6.45) is 2.82. The minimum absolute atomic E-state index is 0.112. The molecule has 0 bridgehead atoms. The van der Waals surface area contributed by atoms with Gasteiger partial charge in [0.25, 0.3) is 5.91 Å². The highest BCUT2D eigenvalue weighted by Crippen LogP contribution is 2.29. The van der Waals surface area contributed by atoms with E-state index >= 15 is 0 Å². The Bertz CT molecular complexity index is 860. The van der Waals surface area contributed by atoms with Gasteiger partial charge in [-0.05, 0) is 42.8 Å². The van der Waals surface area contributed by atoms with Crippen molar-refractivity contribution in [1.29, 1.82) is 0 Å². The van der Waals surface area contributed by atoms with Crippen molar-refractivity contribution in [1.82, 2.24) is 5.48 Å². The van der Waals surface area contributed by atoms with Gasteiger partial charge < -0.3 is 10.2 Å². The van der Waals surface area contributed by atoms with Crippen molar-refractivity contribution in [3.05, 3.63) is 57.6 Å². The first-order valence-electron chi connectivity index (χ1n) is 7.39. The minimum atomic E-state index is -1.16. The van der Waals surface area contributed by atoms with Gasteiger partial charge in [0.2, 0.25) is 0 Å². The summed E-state index contributed by atoms with van der Waals surface area (Å²) in [6.45, 7) is 3.61. The van der Waals surface area contributed by atoms with Crippen molar-refractivity contribution in [2.45, 2.75) is 20.3 Å². The van der Waals surface area contributed by atoms with Crippen LogP contribution in [0.15, 0.2) is 34.8 Å². The number of carbonyl (C=O) groups is 1. The van der Waals surface area contributed by atoms with Gasteiger partial charge in [0.05, 0.1) is 11.3 Å². The van der Waals surface area contributed by atoms with E-state index in [1.165, 1.54) is 6.07 Å². The van der Waals surface area contributed by atoms with Crippen molar-refractivity contribution in [3.63, 3.8) is 0 Å². The summed E-state index contributed by atoms with van der Waals surface area (Å²) >= 11 is 3.33. The summed E-state index contributed by atoms with van der Waals surface area (Å²) in [7, 11) is 0. The predicted octanol–water partition coefficient (Wildman–Crippen LogP) is 4.81. The van der Waals surface area contributed by atoms with Gasteiger partial charge in [0.15, 0.2) is 11.6 Å². The molecule has 2 N–H and O–H groups in total. The lowest BCUT2D eigenvalue weighted by Crippen LogP contribution is -2.23. The van der Waals surface area contributed by atoms with E-state index in [1.54, 1.807) is 19.1 Å². The van der Waals surface area contributed by atoms with E-state index in [0.717, 1.165) is 16.1 Å². The second-order valence-corrected chi connectivity index (χ2v) is 5.95. The Balaban J connectivity index is 2.35. The van der Waals surface area contributed by atoms with Gasteiger partial charge >= 0.3 is 0 Å². The monoisotopic (exact) mass is 408 g/mol. The van der Waals surface area contributed by atoms with Gasteiger partial charge in [0, 0.05) is 16.6 Å². The molecule has 0 aliphatic heterocycles. The van der Waals surface area contributed by atoms with Gasteiger partial charge in [-0.25, -0.2) is 8.78 Å². The number of hydrogen-bond acceptors (Lipinski definition) is 3. The van der Waals surface area contributed by atoms with Crippen molar-refractivity contribution < 1.29 is 18.4 Å². The third-order valence-electron chi connectivity index (χ3n) is 3.23. The number of nitrogens with one attached hydrogen (secondary N) is 2. The molecule has 2 aromatic carbocycles. The zero-order valence-electron chi connectivity index (χ0n) is 13.5. The SMILES string of the molecule is CCC#CONC(=O)c1ccc(F)c(F)c1Nc1ccc(Br)cc1C. The number of benzene rings is 2. The molecule has 0 aromatic heterocycles. The first-order chi connectivity index (χ1) is 11.9. The van der Waals surface area contributed by atoms with Crippen LogP contribution in [0.25, 0.3) is 0 Å². The molecule has 0 radical (unpaired) electrons. The summed E-state index contributed by atoms with van der Waals surface area (Å²) in [5.41, 5.74) is 3.01. The Hall–Kier alpha value is -2.59. The Labute approximate surface area is 152 Å². The van der Waals surface area contributed by atoms with E-state index in [2.05, 4.69) is 38.8 Å². The fraction of sp³-hybridized carbons (Fsp3) is 0.167. The highest BCUT2D eigenvalue weighted by atomic mass is 79.9. The molecule has 7 heteroatoms. The molecule has 0 unspecified atom stereocenters. The van der Waals surface area contributed by atoms with Crippen molar-refractivity contribution in [2.24, 2.45) is 0 Å². The van der Waals surface area contributed by atoms with E-state index in [1.807, 2.05) is 13.0 Å². The molecule has 2 rings (SSSR count). The molecular weight excluding hydrogens is 394 g/mol. The average molecular weight is 409 g/mol. The van der Waals surface area contributed by atoms with Gasteiger partial charge in [-0.1, -0.05) is 28.8 Å². The highest BCUT2D eigenvalue weighted by molar-refractivity contribution is 9.10. The van der Waals surface area contributed by atoms with E-state index < -0.39 is 17.5 Å². The van der Waals surface area contributed by atoms with Crippen molar-refractivity contribution >= 4 is 33.2 Å². The van der Waals surface area contributed by atoms with Crippen LogP contribution >= 0.6 is 15.9 Å². The maximum Gasteiger partial charge on any atom is 0.286 e. The average Bonchev–Trinajstić information content (AvgIpc) is 2.58. The Morgan fingerprint density at radius 1 is 1.28 bits per heavy atom. The lowest BCUT2D eigenvalue weighted by atomic mass is 10.1. The molecule has 4 nitrogen and oxygen atoms in total. The number of hydrogen-bond donors (Lipinski definition) is 2. The van der Waals surface area contributed by atoms with Crippen LogP contribution in [0.5, 0.6) is 0 Å². The van der Waals surface area contributed by atoms with Crippen LogP contribution < -0.4 is 10.8 Å². The molecular formula is C18H15BrF2N2O2. The maximum atomic E-state index is 14.3. The fourth-order valence-electron chi connectivity index (χ4n) is 2.00. The Morgan fingerprint density at radius 3 is 2.72 bits per heavy atom. The molecule has 0 heterocycles. The maximum absolute atomic E-state index is 14.3. The summed E-state index contributed by atoms with van der Waals surface area (Å²) in [4.78, 5) is 16.9. The lowest BCUT2D eigenvalue weighted by Gasteiger charge is -2.15. The quantitative estimate of drug-likeness (QED) is 0.563. The van der Waals surface area contributed by atoms with E-state index in [-0.39, 0.29) is 11.3 Å². The summed E-state index contributed by atoms with van der Waals surface area (Å²) in [5.74, 6) is -0.374. The summed E-state index contributed by atoms with van der Waals surface area (Å²) < 4.78 is 28.7. The van der Waals surface area contributed by atoms with Gasteiger partial charge in [-0.3, -0.25) is 4.79 Å². The third-order valence-corrected chi connectivity index (χ3v) is 3.72. The van der Waals surface area contributed by atoms with Crippen molar-refractivity contribution in [3.8, 4) is 12.0 Å². The highest BCUT2D eigenvalue weighted by Gasteiger charge is 2.20. The number of carbonyl (C=O) groups excluding carboxylic acids is 1. The molecule has 0 aliphatic carbocycles. The zero-order chi connectivity index (χ0) is 18.4. The van der Waals surface area contributed by atoms with E-state index in [0.29, 0.717) is 12.1 Å². The molecule has 0 aliphatic rings. The second kappa shape index (κ2) is 8.49. The number of hydroxylamine groups is 1. The number of amides is 1. The van der Waals surface area contributed by atoms with Crippen LogP contribution in [0.1, 0.15) is 29.3 Å². The van der Waals surface area contributed by atoms with Gasteiger partial charge in [-0.15, -0.1) is 0 Å². The summed E-state index contributed by atoms with van der Waals surface area (Å²) in [6, 6.07) is 7.29. The third kappa shape index (κ3) is 4.70. The van der Waals surface area contributed by atoms with Crippen LogP contribution in [0.3, 0.4) is 0 Å². The standard InChI is InChI=1S/C18H15BrF2N2O2/c1-3-4-9-25-23-18(24)13-6-7-14(20)16(21)17(13)22-15-8-5-12(19)10-11(15)2/h5-8,10,22H,3H2,1-2H3,(H,23,24). The van der Waals surface area contributed by atoms with Crippen LogP contribution in [-0.4, -0.2) is 5.91 Å². The number of anilines is 2. The zero-order valence-corrected chi connectivity index (χ0v) is 15.1. The minimum Gasteiger partial charge on any atom is -0.352 e. The molecule has 0 atom stereocenters. The van der Waals surface area contributed by atoms with Crippen LogP contribution in [0.4, 0.5) is 20.2 Å². The topological polar surface area (TPSA) is 50.4 Å². The number of rotatable bonds is 4. The molecule has 25 heavy (non-hydrogen) atoms. The number of halogens is 3. The Kier molecular flexibility index (Phi) is 6.37. The largest absolute Gasteiger partial charge is 0.352 e. The van der Waals surface area contributed by atoms with E-state index in [4.69, 9.17) is 4.84 Å². The Morgan fingerprint density at radius 2 is 2.04 bits per heavy atom. The van der Waals surface area contributed by atoms with Crippen LogP contribution in [0, 0.1) is 30.6 Å².